The largest absolute Gasteiger partial charge is 0.484 e. The maximum absolute atomic E-state index is 13.2. The fourth-order valence-electron chi connectivity index (χ4n) is 4.82. The minimum atomic E-state index is -3.84. The van der Waals surface area contributed by atoms with Crippen LogP contribution in [0.1, 0.15) is 30.9 Å². The van der Waals surface area contributed by atoms with Gasteiger partial charge in [0.15, 0.2) is 5.78 Å². The third-order valence-electron chi connectivity index (χ3n) is 6.97. The zero-order valence-corrected chi connectivity index (χ0v) is 22.0. The number of piperazine rings is 1. The number of sulfonamides is 1. The van der Waals surface area contributed by atoms with E-state index in [1.807, 2.05) is 12.1 Å². The van der Waals surface area contributed by atoms with Gasteiger partial charge in [0.1, 0.15) is 17.3 Å². The molecule has 1 fully saturated rings. The quantitative estimate of drug-likeness (QED) is 0.499. The number of fused-ring (bicyclic) bond motifs is 1. The summed E-state index contributed by atoms with van der Waals surface area (Å²) in [5, 5.41) is 10.5. The molecule has 0 bridgehead atoms. The van der Waals surface area contributed by atoms with Crippen molar-refractivity contribution in [3.05, 3.63) is 59.7 Å². The van der Waals surface area contributed by atoms with Gasteiger partial charge in [-0.2, -0.15) is 4.31 Å². The van der Waals surface area contributed by atoms with Gasteiger partial charge in [-0.15, -0.1) is 0 Å². The summed E-state index contributed by atoms with van der Waals surface area (Å²) in [6.45, 7) is 4.44. The van der Waals surface area contributed by atoms with Crippen molar-refractivity contribution >= 4 is 21.7 Å². The van der Waals surface area contributed by atoms with Crippen LogP contribution in [0.5, 0.6) is 5.75 Å². The van der Waals surface area contributed by atoms with Gasteiger partial charge in [-0.1, -0.05) is 36.4 Å². The topological polar surface area (TPSA) is 107 Å². The average molecular weight is 530 g/mol. The van der Waals surface area contributed by atoms with Crippen LogP contribution in [-0.4, -0.2) is 91.3 Å². The fourth-order valence-corrected chi connectivity index (χ4v) is 6.38. The van der Waals surface area contributed by atoms with Crippen LogP contribution in [0.25, 0.3) is 0 Å². The predicted octanol–water partition coefficient (Wildman–Crippen LogP) is 1.69. The van der Waals surface area contributed by atoms with E-state index in [2.05, 4.69) is 17.0 Å². The van der Waals surface area contributed by atoms with Crippen LogP contribution >= 0.6 is 0 Å². The van der Waals surface area contributed by atoms with Crippen LogP contribution in [-0.2, 0) is 32.6 Å². The summed E-state index contributed by atoms with van der Waals surface area (Å²) < 4.78 is 33.4. The Kier molecular flexibility index (Phi) is 8.96. The van der Waals surface area contributed by atoms with E-state index in [0.29, 0.717) is 26.1 Å². The van der Waals surface area contributed by atoms with Gasteiger partial charge >= 0.3 is 0 Å². The number of carbonyl (C=O) groups is 2. The lowest BCUT2D eigenvalue weighted by molar-refractivity contribution is -0.130. The van der Waals surface area contributed by atoms with Crippen molar-refractivity contribution < 1.29 is 27.9 Å². The summed E-state index contributed by atoms with van der Waals surface area (Å²) in [6, 6.07) is 14.6. The van der Waals surface area contributed by atoms with Gasteiger partial charge in [0.25, 0.3) is 0 Å². The SMILES string of the molecule is CC(=O)N1CCN(S(=O)(=O)c2ccccc2OCC(=O)CCC(O)CN2CCc3ccccc3C2)CC1. The maximum atomic E-state index is 13.2. The number of hydrogen-bond donors (Lipinski definition) is 1. The molecule has 2 aliphatic rings. The highest BCUT2D eigenvalue weighted by atomic mass is 32.2. The molecule has 9 nitrogen and oxygen atoms in total. The molecule has 4 rings (SSSR count). The number of Topliss-reactive ketones (excluding diaryl/α,β-unsaturated/α-hetero) is 1. The monoisotopic (exact) mass is 529 g/mol. The van der Waals surface area contributed by atoms with E-state index < -0.39 is 16.1 Å². The lowest BCUT2D eigenvalue weighted by Crippen LogP contribution is -2.49. The van der Waals surface area contributed by atoms with Crippen LogP contribution in [0.15, 0.2) is 53.4 Å². The zero-order chi connectivity index (χ0) is 26.4. The van der Waals surface area contributed by atoms with Crippen molar-refractivity contribution in [1.29, 1.82) is 0 Å². The third kappa shape index (κ3) is 6.95. The Morgan fingerprint density at radius 2 is 1.65 bits per heavy atom. The Bertz CT molecular complexity index is 1210. The highest BCUT2D eigenvalue weighted by Crippen LogP contribution is 2.27. The first-order valence-corrected chi connectivity index (χ1v) is 14.1. The number of carbonyl (C=O) groups excluding carboxylic acids is 2. The Morgan fingerprint density at radius 3 is 2.38 bits per heavy atom. The molecule has 0 aromatic heterocycles. The second kappa shape index (κ2) is 12.2. The summed E-state index contributed by atoms with van der Waals surface area (Å²) in [5.74, 6) is -0.159. The van der Waals surface area contributed by atoms with Crippen molar-refractivity contribution in [2.75, 3.05) is 45.9 Å². The number of amides is 1. The predicted molar refractivity (Wildman–Crippen MR) is 139 cm³/mol. The summed E-state index contributed by atoms with van der Waals surface area (Å²) in [5.41, 5.74) is 2.63. The molecule has 1 saturated heterocycles. The molecule has 2 aromatic carbocycles. The van der Waals surface area contributed by atoms with Crippen molar-refractivity contribution in [3.63, 3.8) is 0 Å². The van der Waals surface area contributed by atoms with Crippen molar-refractivity contribution in [2.24, 2.45) is 0 Å². The standard InChI is InChI=1S/C27H35N3O6S/c1-21(31)29-14-16-30(17-15-29)37(34,35)27-9-5-4-8-26(27)36-20-25(33)11-10-24(32)19-28-13-12-22-6-2-3-7-23(22)18-28/h2-9,24,32H,10-20H2,1H3. The molecule has 1 amide bonds. The summed E-state index contributed by atoms with van der Waals surface area (Å²) >= 11 is 0. The number of ketones is 1. The first kappa shape index (κ1) is 27.3. The molecule has 0 saturated carbocycles. The Labute approximate surface area is 218 Å². The zero-order valence-electron chi connectivity index (χ0n) is 21.2. The van der Waals surface area contributed by atoms with Crippen molar-refractivity contribution in [2.45, 2.75) is 43.7 Å². The highest BCUT2D eigenvalue weighted by Gasteiger charge is 2.31. The van der Waals surface area contributed by atoms with Crippen LogP contribution in [0.2, 0.25) is 0 Å². The van der Waals surface area contributed by atoms with Crippen molar-refractivity contribution in [3.8, 4) is 5.75 Å². The molecular formula is C27H35N3O6S. The second-order valence-electron chi connectivity index (χ2n) is 9.63. The number of benzene rings is 2. The van der Waals surface area contributed by atoms with E-state index in [1.54, 1.807) is 17.0 Å². The van der Waals surface area contributed by atoms with Crippen LogP contribution < -0.4 is 4.74 Å². The lowest BCUT2D eigenvalue weighted by atomic mass is 9.99. The van der Waals surface area contributed by atoms with Gasteiger partial charge in [-0.3, -0.25) is 14.5 Å². The van der Waals surface area contributed by atoms with E-state index >= 15 is 0 Å². The molecule has 1 unspecified atom stereocenters. The number of aliphatic hydroxyl groups excluding tert-OH is 1. The molecular weight excluding hydrogens is 494 g/mol. The summed E-state index contributed by atoms with van der Waals surface area (Å²) in [7, 11) is -3.84. The van der Waals surface area contributed by atoms with Crippen molar-refractivity contribution in [1.82, 2.24) is 14.1 Å². The number of hydrogen-bond acceptors (Lipinski definition) is 7. The van der Waals surface area contributed by atoms with Gasteiger partial charge < -0.3 is 14.7 Å². The molecule has 0 spiro atoms. The molecule has 2 heterocycles. The molecule has 2 aromatic rings. The lowest BCUT2D eigenvalue weighted by Gasteiger charge is -2.33. The van der Waals surface area contributed by atoms with Gasteiger partial charge in [0.05, 0.1) is 6.10 Å². The third-order valence-corrected chi connectivity index (χ3v) is 8.91. The second-order valence-corrected chi connectivity index (χ2v) is 11.5. The smallest absolute Gasteiger partial charge is 0.246 e. The molecule has 1 atom stereocenters. The Hall–Kier alpha value is -2.79. The molecule has 0 aliphatic carbocycles. The molecule has 0 radical (unpaired) electrons. The highest BCUT2D eigenvalue weighted by molar-refractivity contribution is 7.89. The van der Waals surface area contributed by atoms with E-state index in [1.165, 1.54) is 34.5 Å². The number of β-amino-alcohol motifs (C(OH)–C–C–N with tert-alkyl or cyclic N) is 1. The molecule has 1 N–H and O–H groups in total. The van der Waals surface area contributed by atoms with Crippen LogP contribution in [0.4, 0.5) is 0 Å². The Balaban J connectivity index is 1.26. The molecule has 200 valence electrons. The normalized spacial score (nSPS) is 17.7. The molecule has 10 heteroatoms. The minimum Gasteiger partial charge on any atom is -0.484 e. The minimum absolute atomic E-state index is 0.00416. The van der Waals surface area contributed by atoms with E-state index in [-0.39, 0.29) is 48.5 Å². The van der Waals surface area contributed by atoms with Crippen LogP contribution in [0, 0.1) is 0 Å². The number of aliphatic hydroxyl groups is 1. The van der Waals surface area contributed by atoms with Gasteiger partial charge in [-0.25, -0.2) is 8.42 Å². The maximum Gasteiger partial charge on any atom is 0.246 e. The number of rotatable bonds is 10. The van der Waals surface area contributed by atoms with Gasteiger partial charge in [0.2, 0.25) is 15.9 Å². The molecule has 37 heavy (non-hydrogen) atoms. The number of nitrogens with zero attached hydrogens (tertiary/aromatic N) is 3. The fraction of sp³-hybridized carbons (Fsp3) is 0.481. The van der Waals surface area contributed by atoms with Gasteiger partial charge in [0, 0.05) is 59.2 Å². The van der Waals surface area contributed by atoms with Gasteiger partial charge in [-0.05, 0) is 36.1 Å². The first-order valence-electron chi connectivity index (χ1n) is 12.7. The average Bonchev–Trinajstić information content (AvgIpc) is 2.91. The summed E-state index contributed by atoms with van der Waals surface area (Å²) in [6.07, 6.45) is 0.786. The first-order chi connectivity index (χ1) is 17.7. The number of para-hydroxylation sites is 1. The van der Waals surface area contributed by atoms with Crippen LogP contribution in [0.3, 0.4) is 0 Å². The Morgan fingerprint density at radius 1 is 0.973 bits per heavy atom. The van der Waals surface area contributed by atoms with E-state index in [4.69, 9.17) is 4.74 Å². The molecule has 2 aliphatic heterocycles. The summed E-state index contributed by atoms with van der Waals surface area (Å²) in [4.78, 5) is 27.9. The van der Waals surface area contributed by atoms with E-state index in [0.717, 1.165) is 19.5 Å². The van der Waals surface area contributed by atoms with E-state index in [9.17, 15) is 23.1 Å². The number of ether oxygens (including phenoxy) is 1.